The lowest BCUT2D eigenvalue weighted by Crippen LogP contribution is -2.09. The third-order valence-electron chi connectivity index (χ3n) is 3.05. The normalized spacial score (nSPS) is 42.3. The molecule has 2 unspecified atom stereocenters. The lowest BCUT2D eigenvalue weighted by Gasteiger charge is -2.06. The van der Waals surface area contributed by atoms with E-state index in [-0.39, 0.29) is 5.92 Å². The highest BCUT2D eigenvalue weighted by Crippen LogP contribution is 2.60. The summed E-state index contributed by atoms with van der Waals surface area (Å²) in [7, 11) is 0. The first-order chi connectivity index (χ1) is 5.08. The third-order valence-corrected chi connectivity index (χ3v) is 3.05. The molecule has 0 saturated heterocycles. The van der Waals surface area contributed by atoms with Gasteiger partial charge in [-0.3, -0.25) is 0 Å². The van der Waals surface area contributed by atoms with Crippen LogP contribution >= 0.6 is 0 Å². The summed E-state index contributed by atoms with van der Waals surface area (Å²) < 4.78 is 35.6. The van der Waals surface area contributed by atoms with Crippen LogP contribution in [0.5, 0.6) is 0 Å². The lowest BCUT2D eigenvalue weighted by atomic mass is 10.1. The molecule has 2 saturated carbocycles. The van der Waals surface area contributed by atoms with Crippen LogP contribution in [-0.2, 0) is 0 Å². The van der Waals surface area contributed by atoms with Crippen LogP contribution in [0.15, 0.2) is 0 Å². The Kier molecular flexibility index (Phi) is 1.45. The molecule has 0 bridgehead atoms. The van der Waals surface area contributed by atoms with Crippen LogP contribution in [-0.4, -0.2) is 6.18 Å². The molecule has 0 heterocycles. The van der Waals surface area contributed by atoms with E-state index >= 15 is 0 Å². The Bertz CT molecular complexity index is 151. The van der Waals surface area contributed by atoms with Crippen molar-refractivity contribution in [2.24, 2.45) is 17.8 Å². The molecule has 2 fully saturated rings. The molecule has 0 N–H and O–H groups in total. The Labute approximate surface area is 63.8 Å². The zero-order valence-electron chi connectivity index (χ0n) is 6.19. The molecule has 0 aliphatic heterocycles. The van der Waals surface area contributed by atoms with E-state index in [1.807, 2.05) is 0 Å². The molecule has 3 heteroatoms. The molecule has 0 aromatic rings. The molecule has 0 aromatic carbocycles. The molecule has 2 atom stereocenters. The van der Waals surface area contributed by atoms with Crippen LogP contribution in [0, 0.1) is 17.8 Å². The SMILES string of the molecule is FC(F)(F)CC1C2CCCC21. The minimum atomic E-state index is -3.92. The number of halogens is 3. The Balaban J connectivity index is 1.83. The number of hydrogen-bond donors (Lipinski definition) is 0. The fourth-order valence-electron chi connectivity index (χ4n) is 2.54. The molecule has 2 aliphatic rings. The smallest absolute Gasteiger partial charge is 0.171 e. The molecule has 11 heavy (non-hydrogen) atoms. The second kappa shape index (κ2) is 2.14. The van der Waals surface area contributed by atoms with Gasteiger partial charge in [-0.1, -0.05) is 6.42 Å². The van der Waals surface area contributed by atoms with Gasteiger partial charge in [0.2, 0.25) is 0 Å². The van der Waals surface area contributed by atoms with Gasteiger partial charge in [0.1, 0.15) is 0 Å². The molecule has 0 aromatic heterocycles. The van der Waals surface area contributed by atoms with Crippen molar-refractivity contribution in [1.82, 2.24) is 0 Å². The number of rotatable bonds is 1. The van der Waals surface area contributed by atoms with Crippen molar-refractivity contribution in [3.05, 3.63) is 0 Å². The van der Waals surface area contributed by atoms with Gasteiger partial charge < -0.3 is 0 Å². The zero-order valence-corrected chi connectivity index (χ0v) is 6.19. The lowest BCUT2D eigenvalue weighted by molar-refractivity contribution is -0.140. The van der Waals surface area contributed by atoms with Gasteiger partial charge in [0, 0.05) is 6.42 Å². The van der Waals surface area contributed by atoms with Crippen molar-refractivity contribution in [2.75, 3.05) is 0 Å². The standard InChI is InChI=1S/C8H11F3/c9-8(10,11)4-7-5-2-1-3-6(5)7/h5-7H,1-4H2. The van der Waals surface area contributed by atoms with Crippen molar-refractivity contribution in [3.8, 4) is 0 Å². The Morgan fingerprint density at radius 2 is 1.64 bits per heavy atom. The summed E-state index contributed by atoms with van der Waals surface area (Å²) in [5.41, 5.74) is 0. The maximum absolute atomic E-state index is 11.9. The average molecular weight is 164 g/mol. The molecular weight excluding hydrogens is 153 g/mol. The first-order valence-electron chi connectivity index (χ1n) is 4.15. The van der Waals surface area contributed by atoms with Crippen molar-refractivity contribution in [2.45, 2.75) is 31.9 Å². The van der Waals surface area contributed by atoms with Crippen molar-refractivity contribution in [1.29, 1.82) is 0 Å². The van der Waals surface area contributed by atoms with Crippen LogP contribution in [0.4, 0.5) is 13.2 Å². The molecule has 0 spiro atoms. The molecular formula is C8H11F3. The fraction of sp³-hybridized carbons (Fsp3) is 1.00. The average Bonchev–Trinajstić information content (AvgIpc) is 2.39. The first-order valence-corrected chi connectivity index (χ1v) is 4.15. The Hall–Kier alpha value is -0.210. The number of hydrogen-bond acceptors (Lipinski definition) is 0. The summed E-state index contributed by atoms with van der Waals surface area (Å²) in [6.07, 6.45) is -1.20. The van der Waals surface area contributed by atoms with Gasteiger partial charge in [-0.2, -0.15) is 13.2 Å². The predicted molar refractivity (Wildman–Crippen MR) is 35.0 cm³/mol. The van der Waals surface area contributed by atoms with E-state index in [1.54, 1.807) is 0 Å². The van der Waals surface area contributed by atoms with Crippen LogP contribution in [0.25, 0.3) is 0 Å². The van der Waals surface area contributed by atoms with E-state index in [9.17, 15) is 13.2 Å². The van der Waals surface area contributed by atoms with Crippen molar-refractivity contribution in [3.63, 3.8) is 0 Å². The second-order valence-corrected chi connectivity index (χ2v) is 3.74. The zero-order chi connectivity index (χ0) is 8.06. The number of alkyl halides is 3. The van der Waals surface area contributed by atoms with E-state index in [0.717, 1.165) is 19.3 Å². The topological polar surface area (TPSA) is 0 Å². The maximum atomic E-state index is 11.9. The van der Waals surface area contributed by atoms with E-state index in [2.05, 4.69) is 0 Å². The highest BCUT2D eigenvalue weighted by molar-refractivity contribution is 5.01. The summed E-state index contributed by atoms with van der Waals surface area (Å²) >= 11 is 0. The van der Waals surface area contributed by atoms with Crippen LogP contribution < -0.4 is 0 Å². The van der Waals surface area contributed by atoms with Gasteiger partial charge in [-0.05, 0) is 30.6 Å². The molecule has 2 aliphatic carbocycles. The summed E-state index contributed by atoms with van der Waals surface area (Å²) in [6.45, 7) is 0. The van der Waals surface area contributed by atoms with Gasteiger partial charge in [0.05, 0.1) is 0 Å². The van der Waals surface area contributed by atoms with Crippen LogP contribution in [0.3, 0.4) is 0 Å². The molecule has 64 valence electrons. The van der Waals surface area contributed by atoms with Gasteiger partial charge in [-0.15, -0.1) is 0 Å². The van der Waals surface area contributed by atoms with E-state index < -0.39 is 12.6 Å². The molecule has 0 amide bonds. The largest absolute Gasteiger partial charge is 0.389 e. The maximum Gasteiger partial charge on any atom is 0.389 e. The van der Waals surface area contributed by atoms with Gasteiger partial charge in [0.25, 0.3) is 0 Å². The Morgan fingerprint density at radius 3 is 2.09 bits per heavy atom. The highest BCUT2D eigenvalue weighted by Gasteiger charge is 2.55. The van der Waals surface area contributed by atoms with E-state index in [1.165, 1.54) is 0 Å². The van der Waals surface area contributed by atoms with E-state index in [4.69, 9.17) is 0 Å². The summed E-state index contributed by atoms with van der Waals surface area (Å²) in [5, 5.41) is 0. The molecule has 0 nitrogen and oxygen atoms in total. The van der Waals surface area contributed by atoms with Crippen LogP contribution in [0.2, 0.25) is 0 Å². The van der Waals surface area contributed by atoms with Gasteiger partial charge in [0.15, 0.2) is 0 Å². The van der Waals surface area contributed by atoms with Crippen LogP contribution in [0.1, 0.15) is 25.7 Å². The van der Waals surface area contributed by atoms with Crippen molar-refractivity contribution < 1.29 is 13.2 Å². The minimum Gasteiger partial charge on any atom is -0.171 e. The van der Waals surface area contributed by atoms with Crippen molar-refractivity contribution >= 4 is 0 Å². The first kappa shape index (κ1) is 7.44. The Morgan fingerprint density at radius 1 is 1.09 bits per heavy atom. The third kappa shape index (κ3) is 1.37. The monoisotopic (exact) mass is 164 g/mol. The summed E-state index contributed by atoms with van der Waals surface area (Å²) in [4.78, 5) is 0. The van der Waals surface area contributed by atoms with E-state index in [0.29, 0.717) is 11.8 Å². The minimum absolute atomic E-state index is 0.00347. The van der Waals surface area contributed by atoms with Gasteiger partial charge in [-0.25, -0.2) is 0 Å². The summed E-state index contributed by atoms with van der Waals surface area (Å²) in [5.74, 6) is 0.886. The number of fused-ring (bicyclic) bond motifs is 1. The fourth-order valence-corrected chi connectivity index (χ4v) is 2.54. The predicted octanol–water partition coefficient (Wildman–Crippen LogP) is 2.98. The highest BCUT2D eigenvalue weighted by atomic mass is 19.4. The second-order valence-electron chi connectivity index (χ2n) is 3.74. The molecule has 0 radical (unpaired) electrons. The van der Waals surface area contributed by atoms with Gasteiger partial charge >= 0.3 is 6.18 Å². The molecule has 2 rings (SSSR count). The summed E-state index contributed by atoms with van der Waals surface area (Å²) in [6, 6.07) is 0. The quantitative estimate of drug-likeness (QED) is 0.558.